The Bertz CT molecular complexity index is 810. The van der Waals surface area contributed by atoms with Crippen molar-refractivity contribution in [2.45, 2.75) is 0 Å². The summed E-state index contributed by atoms with van der Waals surface area (Å²) in [5.74, 6) is -0.332. The van der Waals surface area contributed by atoms with Crippen LogP contribution < -0.4 is 5.43 Å². The second kappa shape index (κ2) is 6.67. The molecule has 5 nitrogen and oxygen atoms in total. The van der Waals surface area contributed by atoms with Crippen LogP contribution in [0.5, 0.6) is 0 Å². The minimum Gasteiger partial charge on any atom is -0.272 e. The molecule has 1 aromatic carbocycles. The highest BCUT2D eigenvalue weighted by Gasteiger charge is 2.09. The molecule has 0 saturated heterocycles. The van der Waals surface area contributed by atoms with Crippen LogP contribution >= 0.6 is 27.3 Å². The molecule has 0 unspecified atom stereocenters. The van der Waals surface area contributed by atoms with E-state index < -0.39 is 0 Å². The van der Waals surface area contributed by atoms with Gasteiger partial charge in [0.2, 0.25) is 0 Å². The standard InChI is InChI=1S/C15H11BrN4OS/c16-11-6-12(22-9-11)8-17-20-15(21)14-7-13(18-19-14)10-4-2-1-3-5-10/h1-9H,(H,18,19)(H,20,21)/b17-8-. The van der Waals surface area contributed by atoms with Crippen molar-refractivity contribution in [1.82, 2.24) is 15.6 Å². The van der Waals surface area contributed by atoms with Crippen LogP contribution in [-0.2, 0) is 0 Å². The number of hydrogen-bond donors (Lipinski definition) is 2. The van der Waals surface area contributed by atoms with Gasteiger partial charge in [0.1, 0.15) is 5.69 Å². The number of nitrogens with zero attached hydrogens (tertiary/aromatic N) is 2. The maximum Gasteiger partial charge on any atom is 0.289 e. The van der Waals surface area contributed by atoms with E-state index in [0.717, 1.165) is 20.6 Å². The van der Waals surface area contributed by atoms with Crippen LogP contribution in [0.15, 0.2) is 57.4 Å². The van der Waals surface area contributed by atoms with E-state index in [1.807, 2.05) is 41.8 Å². The van der Waals surface area contributed by atoms with Gasteiger partial charge in [0.25, 0.3) is 5.91 Å². The molecule has 3 aromatic rings. The van der Waals surface area contributed by atoms with Crippen molar-refractivity contribution < 1.29 is 4.79 Å². The fourth-order valence-electron chi connectivity index (χ4n) is 1.81. The zero-order valence-electron chi connectivity index (χ0n) is 11.3. The SMILES string of the molecule is O=C(N/N=C\c1cc(Br)cs1)c1cc(-c2ccccc2)n[nH]1. The van der Waals surface area contributed by atoms with Crippen LogP contribution in [0.4, 0.5) is 0 Å². The van der Waals surface area contributed by atoms with Crippen molar-refractivity contribution in [3.05, 3.63) is 62.9 Å². The minimum atomic E-state index is -0.332. The lowest BCUT2D eigenvalue weighted by molar-refractivity contribution is 0.0950. The summed E-state index contributed by atoms with van der Waals surface area (Å²) in [5.41, 5.74) is 4.50. The Kier molecular flexibility index (Phi) is 4.45. The second-order valence-electron chi connectivity index (χ2n) is 4.40. The molecule has 0 spiro atoms. The average Bonchev–Trinajstić information content (AvgIpc) is 3.17. The molecule has 0 radical (unpaired) electrons. The fourth-order valence-corrected chi connectivity index (χ4v) is 3.11. The van der Waals surface area contributed by atoms with E-state index in [1.165, 1.54) is 11.3 Å². The van der Waals surface area contributed by atoms with Gasteiger partial charge in [-0.15, -0.1) is 11.3 Å². The zero-order chi connectivity index (χ0) is 15.4. The van der Waals surface area contributed by atoms with E-state index in [0.29, 0.717) is 5.69 Å². The predicted molar refractivity (Wildman–Crippen MR) is 91.1 cm³/mol. The van der Waals surface area contributed by atoms with E-state index in [9.17, 15) is 4.79 Å². The molecule has 3 rings (SSSR count). The van der Waals surface area contributed by atoms with Crippen molar-refractivity contribution in [1.29, 1.82) is 0 Å². The number of rotatable bonds is 4. The molecule has 0 fully saturated rings. The number of benzene rings is 1. The van der Waals surface area contributed by atoms with Gasteiger partial charge in [-0.25, -0.2) is 5.43 Å². The zero-order valence-corrected chi connectivity index (χ0v) is 13.7. The summed E-state index contributed by atoms with van der Waals surface area (Å²) < 4.78 is 0.992. The molecule has 0 aliphatic rings. The van der Waals surface area contributed by atoms with Gasteiger partial charge in [0.15, 0.2) is 0 Å². The van der Waals surface area contributed by atoms with E-state index in [2.05, 4.69) is 36.7 Å². The summed E-state index contributed by atoms with van der Waals surface area (Å²) in [4.78, 5) is 12.9. The fraction of sp³-hybridized carbons (Fsp3) is 0. The molecule has 0 saturated carbocycles. The molecular weight excluding hydrogens is 364 g/mol. The van der Waals surface area contributed by atoms with Crippen LogP contribution in [-0.4, -0.2) is 22.3 Å². The summed E-state index contributed by atoms with van der Waals surface area (Å²) >= 11 is 4.89. The maximum atomic E-state index is 12.0. The number of carbonyl (C=O) groups is 1. The monoisotopic (exact) mass is 374 g/mol. The molecular formula is C15H11BrN4OS. The van der Waals surface area contributed by atoms with Crippen molar-refractivity contribution in [2.24, 2.45) is 5.10 Å². The highest BCUT2D eigenvalue weighted by Crippen LogP contribution is 2.18. The number of aromatic amines is 1. The Balaban J connectivity index is 1.66. The van der Waals surface area contributed by atoms with Crippen LogP contribution in [0.3, 0.4) is 0 Å². The van der Waals surface area contributed by atoms with Gasteiger partial charge in [0.05, 0.1) is 11.9 Å². The van der Waals surface area contributed by atoms with Crippen molar-refractivity contribution >= 4 is 39.4 Å². The molecule has 0 bridgehead atoms. The number of hydrazone groups is 1. The summed E-state index contributed by atoms with van der Waals surface area (Å²) in [5, 5.41) is 12.7. The summed E-state index contributed by atoms with van der Waals surface area (Å²) in [7, 11) is 0. The molecule has 2 aromatic heterocycles. The van der Waals surface area contributed by atoms with E-state index >= 15 is 0 Å². The van der Waals surface area contributed by atoms with Gasteiger partial charge in [-0.3, -0.25) is 9.89 Å². The number of carbonyl (C=O) groups excluding carboxylic acids is 1. The smallest absolute Gasteiger partial charge is 0.272 e. The van der Waals surface area contributed by atoms with Gasteiger partial charge in [0, 0.05) is 20.3 Å². The van der Waals surface area contributed by atoms with Gasteiger partial charge in [-0.1, -0.05) is 30.3 Å². The van der Waals surface area contributed by atoms with Crippen LogP contribution in [0.2, 0.25) is 0 Å². The Labute approximate surface area is 139 Å². The molecule has 0 atom stereocenters. The van der Waals surface area contributed by atoms with Crippen molar-refractivity contribution in [3.8, 4) is 11.3 Å². The van der Waals surface area contributed by atoms with E-state index in [1.54, 1.807) is 12.3 Å². The Morgan fingerprint density at radius 3 is 2.86 bits per heavy atom. The molecule has 7 heteroatoms. The first-order chi connectivity index (χ1) is 10.7. The van der Waals surface area contributed by atoms with Gasteiger partial charge < -0.3 is 0 Å². The number of nitrogens with one attached hydrogen (secondary N) is 2. The molecule has 2 N–H and O–H groups in total. The first-order valence-electron chi connectivity index (χ1n) is 6.40. The third-order valence-electron chi connectivity index (χ3n) is 2.84. The minimum absolute atomic E-state index is 0.332. The lowest BCUT2D eigenvalue weighted by Gasteiger charge is -1.94. The van der Waals surface area contributed by atoms with Gasteiger partial charge in [-0.2, -0.15) is 10.2 Å². The van der Waals surface area contributed by atoms with Crippen LogP contribution in [0.25, 0.3) is 11.3 Å². The Morgan fingerprint density at radius 2 is 2.14 bits per heavy atom. The maximum absolute atomic E-state index is 12.0. The normalized spacial score (nSPS) is 11.0. The number of hydrogen-bond acceptors (Lipinski definition) is 4. The molecule has 22 heavy (non-hydrogen) atoms. The summed E-state index contributed by atoms with van der Waals surface area (Å²) in [6.45, 7) is 0. The van der Waals surface area contributed by atoms with E-state index in [4.69, 9.17) is 0 Å². The number of H-pyrrole nitrogens is 1. The van der Waals surface area contributed by atoms with Gasteiger partial charge >= 0.3 is 0 Å². The molecule has 2 heterocycles. The number of thiophene rings is 1. The van der Waals surface area contributed by atoms with Crippen molar-refractivity contribution in [3.63, 3.8) is 0 Å². The lowest BCUT2D eigenvalue weighted by Crippen LogP contribution is -2.17. The molecule has 0 aliphatic heterocycles. The summed E-state index contributed by atoms with van der Waals surface area (Å²) in [6, 6.07) is 13.3. The lowest BCUT2D eigenvalue weighted by atomic mass is 10.1. The number of halogens is 1. The quantitative estimate of drug-likeness (QED) is 0.540. The van der Waals surface area contributed by atoms with Crippen LogP contribution in [0.1, 0.15) is 15.4 Å². The van der Waals surface area contributed by atoms with E-state index in [-0.39, 0.29) is 5.91 Å². The first kappa shape index (κ1) is 14.7. The second-order valence-corrected chi connectivity index (χ2v) is 6.26. The third kappa shape index (κ3) is 3.49. The predicted octanol–water partition coefficient (Wildman–Crippen LogP) is 3.66. The highest BCUT2D eigenvalue weighted by molar-refractivity contribution is 9.10. The topological polar surface area (TPSA) is 70.1 Å². The Morgan fingerprint density at radius 1 is 1.32 bits per heavy atom. The summed E-state index contributed by atoms with van der Waals surface area (Å²) in [6.07, 6.45) is 1.60. The Hall–Kier alpha value is -2.25. The largest absolute Gasteiger partial charge is 0.289 e. The van der Waals surface area contributed by atoms with Crippen molar-refractivity contribution in [2.75, 3.05) is 0 Å². The highest BCUT2D eigenvalue weighted by atomic mass is 79.9. The average molecular weight is 375 g/mol. The first-order valence-corrected chi connectivity index (χ1v) is 8.08. The number of aromatic nitrogens is 2. The molecule has 1 amide bonds. The van der Waals surface area contributed by atoms with Gasteiger partial charge in [-0.05, 0) is 28.1 Å². The third-order valence-corrected chi connectivity index (χ3v) is 4.47. The number of amides is 1. The molecule has 110 valence electrons. The van der Waals surface area contributed by atoms with Crippen LogP contribution in [0, 0.1) is 0 Å². The molecule has 0 aliphatic carbocycles.